The molecule has 16 nitrogen and oxygen atoms in total. The highest BCUT2D eigenvalue weighted by Gasteiger charge is 2.39. The number of fused-ring (bicyclic) bond motifs is 2. The van der Waals surface area contributed by atoms with E-state index in [1.807, 2.05) is 60.7 Å². The van der Waals surface area contributed by atoms with Crippen molar-refractivity contribution in [2.75, 3.05) is 13.1 Å². The van der Waals surface area contributed by atoms with Crippen LogP contribution in [0.1, 0.15) is 93.8 Å². The smallest absolute Gasteiger partial charge is 0.475 e. The molecule has 2 heterocycles. The first-order valence-electron chi connectivity index (χ1n) is 21.9. The monoisotopic (exact) mass is 958 g/mol. The Bertz CT molecular complexity index is 2570. The van der Waals surface area contributed by atoms with Gasteiger partial charge in [-0.15, -0.1) is 0 Å². The van der Waals surface area contributed by atoms with Crippen LogP contribution in [0.4, 0.5) is 13.2 Å². The molecule has 13 N–H and O–H groups in total. The van der Waals surface area contributed by atoms with Crippen molar-refractivity contribution in [1.29, 1.82) is 0 Å². The molecule has 4 aromatic carbocycles. The van der Waals surface area contributed by atoms with Crippen LogP contribution in [0.25, 0.3) is 22.1 Å². The number of ketones is 2. The van der Waals surface area contributed by atoms with E-state index < -0.39 is 47.1 Å². The van der Waals surface area contributed by atoms with Crippen molar-refractivity contribution in [3.63, 3.8) is 0 Å². The molecule has 0 aliphatic heterocycles. The van der Waals surface area contributed by atoms with Crippen molar-refractivity contribution < 1.29 is 42.3 Å². The number of para-hydroxylation sites is 2. The minimum absolute atomic E-state index is 0.0833. The lowest BCUT2D eigenvalue weighted by Gasteiger charge is -2.25. The molecule has 0 aliphatic carbocycles. The number of rotatable bonds is 20. The highest BCUT2D eigenvalue weighted by Crippen LogP contribution is 2.37. The van der Waals surface area contributed by atoms with E-state index in [9.17, 15) is 32.3 Å². The van der Waals surface area contributed by atoms with Gasteiger partial charge >= 0.3 is 12.1 Å². The van der Waals surface area contributed by atoms with E-state index in [0.717, 1.165) is 22.9 Å². The van der Waals surface area contributed by atoms with Gasteiger partial charge in [0.25, 0.3) is 11.8 Å². The van der Waals surface area contributed by atoms with Gasteiger partial charge in [-0.1, -0.05) is 72.8 Å². The van der Waals surface area contributed by atoms with Gasteiger partial charge < -0.3 is 39.5 Å². The Morgan fingerprint density at radius 2 is 0.971 bits per heavy atom. The summed E-state index contributed by atoms with van der Waals surface area (Å²) < 4.78 is 34.4. The van der Waals surface area contributed by atoms with Gasteiger partial charge in [0.15, 0.2) is 21.9 Å². The van der Waals surface area contributed by atoms with E-state index in [1.165, 1.54) is 9.13 Å². The molecule has 0 saturated heterocycles. The molecule has 0 unspecified atom stereocenters. The highest BCUT2D eigenvalue weighted by molar-refractivity contribution is 7.99. The third kappa shape index (κ3) is 12.7. The quantitative estimate of drug-likeness (QED) is 0.0455. The fourth-order valence-electron chi connectivity index (χ4n) is 7.46. The number of aryl methyl sites for hydroxylation is 2. The van der Waals surface area contributed by atoms with Crippen LogP contribution in [0, 0.1) is 0 Å². The molecule has 2 aromatic heterocycles. The van der Waals surface area contributed by atoms with Crippen LogP contribution in [0.3, 0.4) is 0 Å². The molecule has 362 valence electrons. The standard InChI is InChI=1S/C46H56N10O4S.C2HF3O2/c1-45(51,25-11-27-47)41(59)55-37-31(39(57)33(49)23-21-29-13-5-3-6-14-29)17-9-19-35(37)53-43(55)61-44-54-36-20-10-18-32(38(36)56(44)42(60)46(2,52)26-12-28-48)40(58)34(50)24-22-30-15-7-4-8-16-30;3-2(4,5)1(6)7/h3-10,13-20,33-34H,11-12,21-28,47-52H2,1-2H3;(H,6,7)/t33-,34-,45-,46-;/m0./s1. The van der Waals surface area contributed by atoms with E-state index in [1.54, 1.807) is 50.2 Å². The van der Waals surface area contributed by atoms with Crippen LogP contribution < -0.4 is 34.4 Å². The zero-order valence-electron chi connectivity index (χ0n) is 37.7. The second-order valence-electron chi connectivity index (χ2n) is 16.9. The number of hydrogen-bond acceptors (Lipinski definition) is 14. The number of aromatic nitrogens is 4. The van der Waals surface area contributed by atoms with Crippen LogP contribution in [0.15, 0.2) is 107 Å². The molecule has 0 fully saturated rings. The van der Waals surface area contributed by atoms with E-state index >= 15 is 0 Å². The second kappa shape index (κ2) is 22.8. The molecule has 0 radical (unpaired) electrons. The van der Waals surface area contributed by atoms with Crippen LogP contribution >= 0.6 is 11.8 Å². The summed E-state index contributed by atoms with van der Waals surface area (Å²) in [6.45, 7) is 3.82. The van der Waals surface area contributed by atoms with Crippen LogP contribution in [0.5, 0.6) is 0 Å². The SMILES string of the molecule is C[C@](N)(CCCN)C(=O)n1c(Sc2nc3cccc(C(=O)[C@@H](N)CCc4ccccc4)c3n2C(=O)[C@@](C)(N)CCCN)nc2cccc(C(=O)[C@@H](N)CCc3ccccc3)c21.O=C(O)C(F)(F)F. The van der Waals surface area contributed by atoms with Crippen molar-refractivity contribution >= 4 is 63.2 Å². The van der Waals surface area contributed by atoms with Crippen LogP contribution in [-0.4, -0.2) is 96.0 Å². The maximum Gasteiger partial charge on any atom is 0.490 e. The molecule has 68 heavy (non-hydrogen) atoms. The Hall–Kier alpha value is -6.13. The third-order valence-corrected chi connectivity index (χ3v) is 12.2. The Morgan fingerprint density at radius 1 is 0.618 bits per heavy atom. The van der Waals surface area contributed by atoms with Gasteiger partial charge in [0, 0.05) is 11.1 Å². The summed E-state index contributed by atoms with van der Waals surface area (Å²) in [6, 6.07) is 27.6. The Kier molecular flexibility index (Phi) is 17.7. The molecule has 6 rings (SSSR count). The van der Waals surface area contributed by atoms with E-state index in [-0.39, 0.29) is 56.9 Å². The molecule has 0 spiro atoms. The number of alkyl halides is 3. The lowest BCUT2D eigenvalue weighted by molar-refractivity contribution is -0.192. The Balaban J connectivity index is 0.00000114. The highest BCUT2D eigenvalue weighted by atomic mass is 32.2. The van der Waals surface area contributed by atoms with Gasteiger partial charge in [-0.25, -0.2) is 14.8 Å². The summed E-state index contributed by atoms with van der Waals surface area (Å²) in [4.78, 5) is 76.7. The van der Waals surface area contributed by atoms with Crippen molar-refractivity contribution in [2.45, 2.75) is 105 Å². The number of halogens is 3. The van der Waals surface area contributed by atoms with Gasteiger partial charge in [0.05, 0.1) is 45.2 Å². The summed E-state index contributed by atoms with van der Waals surface area (Å²) in [5.74, 6) is -4.61. The number of nitrogens with two attached hydrogens (primary N) is 6. The largest absolute Gasteiger partial charge is 0.490 e. The number of carboxylic acid groups (broad SMARTS) is 1. The Morgan fingerprint density at radius 3 is 1.29 bits per heavy atom. The predicted octanol–water partition coefficient (Wildman–Crippen LogP) is 5.65. The molecule has 4 atom stereocenters. The maximum atomic E-state index is 14.8. The number of hydrogen-bond donors (Lipinski definition) is 7. The topological polar surface area (TPSA) is 297 Å². The van der Waals surface area contributed by atoms with Gasteiger partial charge in [-0.3, -0.25) is 28.3 Å². The molecule has 0 saturated carbocycles. The first-order chi connectivity index (χ1) is 32.1. The van der Waals surface area contributed by atoms with Gasteiger partial charge in [-0.05, 0) is 125 Å². The molecular weight excluding hydrogens is 902 g/mol. The summed E-state index contributed by atoms with van der Waals surface area (Å²) in [5.41, 5.74) is 39.0. The van der Waals surface area contributed by atoms with Gasteiger partial charge in [-0.2, -0.15) is 13.2 Å². The van der Waals surface area contributed by atoms with Gasteiger partial charge in [0.2, 0.25) is 0 Å². The molecule has 0 aliphatic rings. The number of nitrogens with zero attached hydrogens (tertiary/aromatic N) is 4. The molecule has 0 bridgehead atoms. The van der Waals surface area contributed by atoms with Crippen molar-refractivity contribution in [3.05, 3.63) is 119 Å². The summed E-state index contributed by atoms with van der Waals surface area (Å²) in [6.07, 6.45) is -1.84. The lowest BCUT2D eigenvalue weighted by Crippen LogP contribution is -2.48. The van der Waals surface area contributed by atoms with Gasteiger partial charge in [0.1, 0.15) is 0 Å². The average Bonchev–Trinajstić information content (AvgIpc) is 3.88. The minimum atomic E-state index is -5.08. The fourth-order valence-corrected chi connectivity index (χ4v) is 8.44. The molecular formula is C48H57F3N10O6S. The molecule has 6 aromatic rings. The van der Waals surface area contributed by atoms with Crippen LogP contribution in [0.2, 0.25) is 0 Å². The number of carboxylic acids is 1. The second-order valence-corrected chi connectivity index (χ2v) is 17.9. The molecule has 0 amide bonds. The summed E-state index contributed by atoms with van der Waals surface area (Å²) in [5, 5.41) is 7.29. The Labute approximate surface area is 395 Å². The lowest BCUT2D eigenvalue weighted by atomic mass is 9.95. The van der Waals surface area contributed by atoms with Crippen LogP contribution in [-0.2, 0) is 17.6 Å². The minimum Gasteiger partial charge on any atom is -0.475 e. The normalized spacial score (nSPS) is 14.3. The summed E-state index contributed by atoms with van der Waals surface area (Å²) >= 11 is 0.918. The van der Waals surface area contributed by atoms with E-state index in [4.69, 9.17) is 54.3 Å². The van der Waals surface area contributed by atoms with Crippen molar-refractivity contribution in [1.82, 2.24) is 19.1 Å². The van der Waals surface area contributed by atoms with E-state index in [2.05, 4.69) is 0 Å². The van der Waals surface area contributed by atoms with Crippen molar-refractivity contribution in [3.8, 4) is 0 Å². The first kappa shape index (κ1) is 52.8. The zero-order chi connectivity index (χ0) is 50.0. The fraction of sp³-hybridized carbons (Fsp3) is 0.354. The van der Waals surface area contributed by atoms with Crippen molar-refractivity contribution in [2.24, 2.45) is 34.4 Å². The number of benzene rings is 4. The average molecular weight is 959 g/mol. The maximum absolute atomic E-state index is 14.8. The first-order valence-corrected chi connectivity index (χ1v) is 22.7. The molecule has 20 heteroatoms. The summed E-state index contributed by atoms with van der Waals surface area (Å²) in [7, 11) is 0. The number of carbonyl (C=O) groups is 5. The third-order valence-electron chi connectivity index (χ3n) is 11.3. The number of carbonyl (C=O) groups excluding carboxylic acids is 4. The number of Topliss-reactive ketones (excluding diaryl/α,β-unsaturated/α-hetero) is 2. The zero-order valence-corrected chi connectivity index (χ0v) is 38.6. The number of imidazole rings is 2. The number of aliphatic carboxylic acids is 1. The predicted molar refractivity (Wildman–Crippen MR) is 254 cm³/mol. The van der Waals surface area contributed by atoms with E-state index in [0.29, 0.717) is 62.6 Å².